The highest BCUT2D eigenvalue weighted by atomic mass is 35.5. The molecule has 0 aliphatic heterocycles. The molecule has 4 N–H and O–H groups in total. The molecule has 29 heavy (non-hydrogen) atoms. The van der Waals surface area contributed by atoms with Gasteiger partial charge in [0.15, 0.2) is 0 Å². The minimum absolute atomic E-state index is 0.300. The van der Waals surface area contributed by atoms with Crippen LogP contribution in [0.5, 0.6) is 0 Å². The Morgan fingerprint density at radius 2 is 2.14 bits per heavy atom. The number of benzene rings is 1. The van der Waals surface area contributed by atoms with Gasteiger partial charge in [-0.1, -0.05) is 11.6 Å². The Morgan fingerprint density at radius 3 is 2.86 bits per heavy atom. The molecule has 1 aromatic carbocycles. The highest BCUT2D eigenvalue weighted by Crippen LogP contribution is 2.36. The number of nitrogens with zero attached hydrogens (tertiary/aromatic N) is 3. The molecule has 0 fully saturated rings. The Balaban J connectivity index is 1.60. The molecule has 11 heteroatoms. The van der Waals surface area contributed by atoms with Crippen LogP contribution in [0.3, 0.4) is 0 Å². The van der Waals surface area contributed by atoms with E-state index < -0.39 is 5.82 Å². The smallest absolute Gasteiger partial charge is 0.212 e. The van der Waals surface area contributed by atoms with Crippen LogP contribution < -0.4 is 15.8 Å². The lowest BCUT2D eigenvalue weighted by molar-refractivity contribution is 0.568. The van der Waals surface area contributed by atoms with Crippen molar-refractivity contribution in [2.24, 2.45) is 5.73 Å². The lowest BCUT2D eigenvalue weighted by atomic mass is 10.1. The fourth-order valence-corrected chi connectivity index (χ4v) is 3.95. The van der Waals surface area contributed by atoms with Gasteiger partial charge in [-0.3, -0.25) is 4.98 Å². The number of halogens is 2. The third kappa shape index (κ3) is 4.51. The maximum atomic E-state index is 14.6. The molecule has 0 spiro atoms. The summed E-state index contributed by atoms with van der Waals surface area (Å²) < 4.78 is 26.6. The van der Waals surface area contributed by atoms with Gasteiger partial charge < -0.3 is 20.2 Å². The summed E-state index contributed by atoms with van der Waals surface area (Å²) in [7, 11) is 0. The molecule has 0 aliphatic rings. The SMILES string of the molecule is NCc1cc(-c2ccoc2)c(Nc2cc(F)c(SNc3ncns3)cc2Cl)cn1. The zero-order valence-corrected chi connectivity index (χ0v) is 17.1. The average molecular weight is 449 g/mol. The van der Waals surface area contributed by atoms with Crippen LogP contribution in [0.25, 0.3) is 11.1 Å². The second-order valence-electron chi connectivity index (χ2n) is 5.78. The van der Waals surface area contributed by atoms with E-state index in [1.54, 1.807) is 18.7 Å². The fourth-order valence-electron chi connectivity index (χ4n) is 2.53. The molecule has 3 aromatic heterocycles. The van der Waals surface area contributed by atoms with Crippen LogP contribution in [0.4, 0.5) is 20.9 Å². The maximum absolute atomic E-state index is 14.6. The van der Waals surface area contributed by atoms with E-state index in [9.17, 15) is 4.39 Å². The predicted molar refractivity (Wildman–Crippen MR) is 114 cm³/mol. The van der Waals surface area contributed by atoms with Gasteiger partial charge in [-0.25, -0.2) is 9.37 Å². The van der Waals surface area contributed by atoms with Crippen molar-refractivity contribution in [3.05, 3.63) is 65.8 Å². The van der Waals surface area contributed by atoms with Gasteiger partial charge in [0.1, 0.15) is 12.1 Å². The summed E-state index contributed by atoms with van der Waals surface area (Å²) >= 11 is 8.64. The highest BCUT2D eigenvalue weighted by molar-refractivity contribution is 8.00. The van der Waals surface area contributed by atoms with Crippen molar-refractivity contribution in [3.63, 3.8) is 0 Å². The number of anilines is 3. The number of nitrogens with one attached hydrogen (secondary N) is 2. The van der Waals surface area contributed by atoms with Crippen LogP contribution in [-0.4, -0.2) is 14.3 Å². The zero-order valence-electron chi connectivity index (χ0n) is 14.7. The van der Waals surface area contributed by atoms with Crippen molar-refractivity contribution < 1.29 is 8.81 Å². The minimum Gasteiger partial charge on any atom is -0.472 e. The predicted octanol–water partition coefficient (Wildman–Crippen LogP) is 5.31. The van der Waals surface area contributed by atoms with E-state index >= 15 is 0 Å². The molecule has 4 rings (SSSR count). The Morgan fingerprint density at radius 1 is 1.24 bits per heavy atom. The molecule has 0 saturated heterocycles. The number of rotatable bonds is 7. The van der Waals surface area contributed by atoms with Gasteiger partial charge in [-0.2, -0.15) is 4.37 Å². The van der Waals surface area contributed by atoms with Crippen molar-refractivity contribution in [1.82, 2.24) is 14.3 Å². The van der Waals surface area contributed by atoms with Gasteiger partial charge in [-0.05, 0) is 30.1 Å². The topological polar surface area (TPSA) is 102 Å². The van der Waals surface area contributed by atoms with E-state index in [4.69, 9.17) is 21.8 Å². The molecule has 0 bridgehead atoms. The first-order valence-corrected chi connectivity index (χ1v) is 10.3. The third-order valence-electron chi connectivity index (χ3n) is 3.90. The van der Waals surface area contributed by atoms with Gasteiger partial charge in [0.25, 0.3) is 0 Å². The quantitative estimate of drug-likeness (QED) is 0.327. The molecule has 0 amide bonds. The second-order valence-corrected chi connectivity index (χ2v) is 7.81. The number of hydrogen-bond acceptors (Lipinski definition) is 9. The molecule has 148 valence electrons. The van der Waals surface area contributed by atoms with Gasteiger partial charge in [-0.15, -0.1) is 0 Å². The summed E-state index contributed by atoms with van der Waals surface area (Å²) in [5.74, 6) is -0.435. The normalized spacial score (nSPS) is 10.9. The monoisotopic (exact) mass is 448 g/mol. The van der Waals surface area contributed by atoms with E-state index in [0.717, 1.165) is 28.8 Å². The molecular formula is C18H14ClFN6OS2. The van der Waals surface area contributed by atoms with Gasteiger partial charge in [0, 0.05) is 35.3 Å². The third-order valence-corrected chi connectivity index (χ3v) is 5.75. The van der Waals surface area contributed by atoms with Crippen LogP contribution in [0.15, 0.2) is 58.6 Å². The van der Waals surface area contributed by atoms with Crippen LogP contribution in [0.2, 0.25) is 5.02 Å². The van der Waals surface area contributed by atoms with Gasteiger partial charge in [0.05, 0.1) is 45.7 Å². The van der Waals surface area contributed by atoms with Crippen molar-refractivity contribution in [2.45, 2.75) is 11.4 Å². The molecule has 0 saturated carbocycles. The summed E-state index contributed by atoms with van der Waals surface area (Å²) in [6.45, 7) is 0.300. The first kappa shape index (κ1) is 19.6. The average Bonchev–Trinajstić information content (AvgIpc) is 3.44. The fraction of sp³-hybridized carbons (Fsp3) is 0.0556. The van der Waals surface area contributed by atoms with E-state index in [2.05, 4.69) is 24.4 Å². The van der Waals surface area contributed by atoms with Crippen molar-refractivity contribution >= 4 is 51.6 Å². The summed E-state index contributed by atoms with van der Waals surface area (Å²) in [4.78, 5) is 8.64. The van der Waals surface area contributed by atoms with E-state index in [1.165, 1.54) is 30.0 Å². The van der Waals surface area contributed by atoms with Crippen molar-refractivity contribution in [3.8, 4) is 11.1 Å². The molecule has 0 atom stereocenters. The second kappa shape index (κ2) is 8.78. The summed E-state index contributed by atoms with van der Waals surface area (Å²) in [6.07, 6.45) is 6.25. The Hall–Kier alpha value is -2.66. The van der Waals surface area contributed by atoms with E-state index in [0.29, 0.717) is 33.0 Å². The Bertz CT molecular complexity index is 1110. The largest absolute Gasteiger partial charge is 0.472 e. The van der Waals surface area contributed by atoms with Gasteiger partial charge in [0.2, 0.25) is 5.13 Å². The summed E-state index contributed by atoms with van der Waals surface area (Å²) in [5.41, 5.74) is 9.15. The Labute approximate surface area is 178 Å². The number of nitrogens with two attached hydrogens (primary N) is 1. The maximum Gasteiger partial charge on any atom is 0.212 e. The van der Waals surface area contributed by atoms with Crippen molar-refractivity contribution in [2.75, 3.05) is 10.0 Å². The lowest BCUT2D eigenvalue weighted by Gasteiger charge is -2.14. The highest BCUT2D eigenvalue weighted by Gasteiger charge is 2.14. The van der Waals surface area contributed by atoms with Crippen LogP contribution in [-0.2, 0) is 6.54 Å². The number of pyridine rings is 1. The van der Waals surface area contributed by atoms with Gasteiger partial charge >= 0.3 is 0 Å². The zero-order chi connectivity index (χ0) is 20.2. The van der Waals surface area contributed by atoms with Crippen molar-refractivity contribution in [1.29, 1.82) is 0 Å². The number of aromatic nitrogens is 3. The standard InChI is InChI=1S/C18H14ClFN6OS2/c19-13-4-17(28-26-18-23-9-24-29-18)14(20)5-15(13)25-16-7-22-11(6-21)3-12(16)10-1-2-27-8-10/h1-5,7-9,25H,6,21H2,(H,23,24,26). The Kier molecular flexibility index (Phi) is 5.95. The molecule has 0 aliphatic carbocycles. The first-order chi connectivity index (χ1) is 14.1. The van der Waals surface area contributed by atoms with Crippen LogP contribution in [0.1, 0.15) is 5.69 Å². The van der Waals surface area contributed by atoms with Crippen LogP contribution >= 0.6 is 35.1 Å². The first-order valence-electron chi connectivity index (χ1n) is 8.31. The van der Waals surface area contributed by atoms with E-state index in [1.807, 2.05) is 12.1 Å². The molecule has 0 unspecified atom stereocenters. The number of hydrogen-bond donors (Lipinski definition) is 3. The lowest BCUT2D eigenvalue weighted by Crippen LogP contribution is -2.02. The molecular weight excluding hydrogens is 435 g/mol. The van der Waals surface area contributed by atoms with Crippen LogP contribution in [0, 0.1) is 5.82 Å². The molecule has 7 nitrogen and oxygen atoms in total. The summed E-state index contributed by atoms with van der Waals surface area (Å²) in [5, 5.41) is 4.08. The molecule has 3 heterocycles. The summed E-state index contributed by atoms with van der Waals surface area (Å²) in [6, 6.07) is 6.55. The van der Waals surface area contributed by atoms with E-state index in [-0.39, 0.29) is 0 Å². The number of furan rings is 1. The molecule has 4 aromatic rings. The minimum atomic E-state index is -0.435. The molecule has 0 radical (unpaired) electrons.